The highest BCUT2D eigenvalue weighted by Crippen LogP contribution is 2.08. The lowest BCUT2D eigenvalue weighted by Gasteiger charge is -2.04. The van der Waals surface area contributed by atoms with Crippen LogP contribution >= 0.6 is 0 Å². The molecule has 0 atom stereocenters. The summed E-state index contributed by atoms with van der Waals surface area (Å²) in [5.41, 5.74) is 0.802. The van der Waals surface area contributed by atoms with Crippen molar-refractivity contribution < 1.29 is 4.79 Å². The monoisotopic (exact) mass is 242 g/mol. The van der Waals surface area contributed by atoms with Gasteiger partial charge in [0, 0.05) is 37.3 Å². The molecule has 0 spiro atoms. The Morgan fingerprint density at radius 3 is 2.78 bits per heavy atom. The Bertz CT molecular complexity index is 502. The van der Waals surface area contributed by atoms with E-state index in [2.05, 4.69) is 16.5 Å². The molecule has 3 nitrogen and oxygen atoms in total. The van der Waals surface area contributed by atoms with Gasteiger partial charge < -0.3 is 4.57 Å². The summed E-state index contributed by atoms with van der Waals surface area (Å²) in [7, 11) is 0. The Morgan fingerprint density at radius 1 is 1.28 bits per heavy atom. The van der Waals surface area contributed by atoms with Crippen molar-refractivity contribution in [1.82, 2.24) is 9.55 Å². The first-order valence-corrected chi connectivity index (χ1v) is 6.39. The molecule has 18 heavy (non-hydrogen) atoms. The number of hydrogen-bond donors (Lipinski definition) is 0. The SMILES string of the molecule is CCn1ccnc1CCCC(=O)c1ccccc1. The molecule has 0 N–H and O–H groups in total. The molecule has 0 saturated heterocycles. The average molecular weight is 242 g/mol. The van der Waals surface area contributed by atoms with Crippen molar-refractivity contribution in [2.45, 2.75) is 32.7 Å². The molecule has 2 aromatic rings. The predicted octanol–water partition coefficient (Wildman–Crippen LogP) is 3.11. The van der Waals surface area contributed by atoms with Crippen molar-refractivity contribution in [3.8, 4) is 0 Å². The van der Waals surface area contributed by atoms with Gasteiger partial charge in [0.25, 0.3) is 0 Å². The zero-order valence-electron chi connectivity index (χ0n) is 10.7. The highest BCUT2D eigenvalue weighted by atomic mass is 16.1. The maximum absolute atomic E-state index is 11.9. The van der Waals surface area contributed by atoms with Crippen molar-refractivity contribution in [2.24, 2.45) is 0 Å². The first-order chi connectivity index (χ1) is 8.81. The van der Waals surface area contributed by atoms with Gasteiger partial charge in [0.05, 0.1) is 0 Å². The maximum atomic E-state index is 11.9. The van der Waals surface area contributed by atoms with Crippen LogP contribution in [-0.4, -0.2) is 15.3 Å². The molecule has 3 heteroatoms. The van der Waals surface area contributed by atoms with E-state index in [4.69, 9.17) is 0 Å². The highest BCUT2D eigenvalue weighted by molar-refractivity contribution is 5.95. The molecule has 0 saturated carbocycles. The van der Waals surface area contributed by atoms with Gasteiger partial charge in [-0.3, -0.25) is 4.79 Å². The number of hydrogen-bond acceptors (Lipinski definition) is 2. The number of rotatable bonds is 6. The van der Waals surface area contributed by atoms with Gasteiger partial charge in [-0.15, -0.1) is 0 Å². The van der Waals surface area contributed by atoms with Gasteiger partial charge in [-0.2, -0.15) is 0 Å². The zero-order valence-corrected chi connectivity index (χ0v) is 10.7. The Morgan fingerprint density at radius 2 is 2.06 bits per heavy atom. The van der Waals surface area contributed by atoms with E-state index in [1.54, 1.807) is 0 Å². The molecule has 0 radical (unpaired) electrons. The largest absolute Gasteiger partial charge is 0.335 e. The number of imidazole rings is 1. The summed E-state index contributed by atoms with van der Waals surface area (Å²) in [6.07, 6.45) is 6.09. The van der Waals surface area contributed by atoms with Crippen LogP contribution in [0.2, 0.25) is 0 Å². The van der Waals surface area contributed by atoms with Crippen LogP contribution in [0.15, 0.2) is 42.7 Å². The molecule has 0 aliphatic heterocycles. The van der Waals surface area contributed by atoms with Crippen LogP contribution in [0.4, 0.5) is 0 Å². The van der Waals surface area contributed by atoms with Crippen LogP contribution in [0.3, 0.4) is 0 Å². The van der Waals surface area contributed by atoms with E-state index in [0.29, 0.717) is 6.42 Å². The molecule has 1 heterocycles. The second-order valence-corrected chi connectivity index (χ2v) is 4.27. The van der Waals surface area contributed by atoms with E-state index in [-0.39, 0.29) is 5.78 Å². The van der Waals surface area contributed by atoms with Crippen molar-refractivity contribution in [3.05, 3.63) is 54.1 Å². The number of nitrogens with zero attached hydrogens (tertiary/aromatic N) is 2. The molecule has 2 rings (SSSR count). The Kier molecular flexibility index (Phi) is 4.29. The topological polar surface area (TPSA) is 34.9 Å². The fourth-order valence-electron chi connectivity index (χ4n) is 2.03. The van der Waals surface area contributed by atoms with Crippen LogP contribution in [-0.2, 0) is 13.0 Å². The van der Waals surface area contributed by atoms with Gasteiger partial charge in [0.2, 0.25) is 0 Å². The molecular weight excluding hydrogens is 224 g/mol. The van der Waals surface area contributed by atoms with Crippen molar-refractivity contribution in [2.75, 3.05) is 0 Å². The number of benzene rings is 1. The van der Waals surface area contributed by atoms with Crippen LogP contribution in [0.5, 0.6) is 0 Å². The minimum Gasteiger partial charge on any atom is -0.335 e. The molecule has 0 bridgehead atoms. The number of ketones is 1. The van der Waals surface area contributed by atoms with Crippen LogP contribution < -0.4 is 0 Å². The van der Waals surface area contributed by atoms with Crippen molar-refractivity contribution in [3.63, 3.8) is 0 Å². The van der Waals surface area contributed by atoms with E-state index in [1.807, 2.05) is 42.7 Å². The molecular formula is C15H18N2O. The first-order valence-electron chi connectivity index (χ1n) is 6.39. The summed E-state index contributed by atoms with van der Waals surface area (Å²) in [4.78, 5) is 16.2. The summed E-state index contributed by atoms with van der Waals surface area (Å²) in [6, 6.07) is 9.47. The molecule has 0 fully saturated rings. The van der Waals surface area contributed by atoms with Crippen molar-refractivity contribution >= 4 is 5.78 Å². The van der Waals surface area contributed by atoms with E-state index in [1.165, 1.54) is 0 Å². The van der Waals surface area contributed by atoms with E-state index < -0.39 is 0 Å². The summed E-state index contributed by atoms with van der Waals surface area (Å²) in [5.74, 6) is 1.28. The lowest BCUT2D eigenvalue weighted by Crippen LogP contribution is -2.04. The molecule has 0 aliphatic rings. The standard InChI is InChI=1S/C15H18N2O/c1-2-17-12-11-16-15(17)10-6-9-14(18)13-7-4-3-5-8-13/h3-5,7-8,11-12H,2,6,9-10H2,1H3. The summed E-state index contributed by atoms with van der Waals surface area (Å²) < 4.78 is 2.12. The van der Waals surface area contributed by atoms with Gasteiger partial charge in [0.1, 0.15) is 5.82 Å². The van der Waals surface area contributed by atoms with Crippen LogP contribution in [0, 0.1) is 0 Å². The third-order valence-electron chi connectivity index (χ3n) is 3.04. The van der Waals surface area contributed by atoms with Gasteiger partial charge in [0.15, 0.2) is 5.78 Å². The van der Waals surface area contributed by atoms with Gasteiger partial charge >= 0.3 is 0 Å². The lowest BCUT2D eigenvalue weighted by atomic mass is 10.1. The number of carbonyl (C=O) groups is 1. The third kappa shape index (κ3) is 3.06. The average Bonchev–Trinajstić information content (AvgIpc) is 2.87. The van der Waals surface area contributed by atoms with Crippen LogP contribution in [0.25, 0.3) is 0 Å². The molecule has 94 valence electrons. The summed E-state index contributed by atoms with van der Waals surface area (Å²) in [6.45, 7) is 3.03. The Labute approximate surface area is 107 Å². The number of aryl methyl sites for hydroxylation is 2. The minimum atomic E-state index is 0.213. The second-order valence-electron chi connectivity index (χ2n) is 4.27. The van der Waals surface area contributed by atoms with E-state index in [0.717, 1.165) is 30.8 Å². The zero-order chi connectivity index (χ0) is 12.8. The summed E-state index contributed by atoms with van der Waals surface area (Å²) in [5, 5.41) is 0. The summed E-state index contributed by atoms with van der Waals surface area (Å²) >= 11 is 0. The first kappa shape index (κ1) is 12.6. The van der Waals surface area contributed by atoms with Gasteiger partial charge in [-0.25, -0.2) is 4.98 Å². The highest BCUT2D eigenvalue weighted by Gasteiger charge is 2.06. The predicted molar refractivity (Wildman–Crippen MR) is 71.6 cm³/mol. The smallest absolute Gasteiger partial charge is 0.162 e. The fourth-order valence-corrected chi connectivity index (χ4v) is 2.03. The van der Waals surface area contributed by atoms with Crippen LogP contribution in [0.1, 0.15) is 35.9 Å². The fraction of sp³-hybridized carbons (Fsp3) is 0.333. The molecule has 0 aliphatic carbocycles. The van der Waals surface area contributed by atoms with Crippen molar-refractivity contribution in [1.29, 1.82) is 0 Å². The molecule has 0 amide bonds. The maximum Gasteiger partial charge on any atom is 0.162 e. The number of aromatic nitrogens is 2. The molecule has 0 unspecified atom stereocenters. The quantitative estimate of drug-likeness (QED) is 0.729. The minimum absolute atomic E-state index is 0.213. The Hall–Kier alpha value is -1.90. The Balaban J connectivity index is 1.84. The lowest BCUT2D eigenvalue weighted by molar-refractivity contribution is 0.0980. The molecule has 1 aromatic carbocycles. The number of carbonyl (C=O) groups excluding carboxylic acids is 1. The van der Waals surface area contributed by atoms with E-state index >= 15 is 0 Å². The normalized spacial score (nSPS) is 10.5. The molecule has 1 aromatic heterocycles. The second kappa shape index (κ2) is 6.15. The number of Topliss-reactive ketones (excluding diaryl/α,β-unsaturated/α-hetero) is 1. The van der Waals surface area contributed by atoms with Gasteiger partial charge in [-0.05, 0) is 13.3 Å². The van der Waals surface area contributed by atoms with E-state index in [9.17, 15) is 4.79 Å². The third-order valence-corrected chi connectivity index (χ3v) is 3.04. The van der Waals surface area contributed by atoms with Gasteiger partial charge in [-0.1, -0.05) is 30.3 Å².